The highest BCUT2D eigenvalue weighted by Crippen LogP contribution is 2.28. The maximum atomic E-state index is 14.2. The number of nitrogens with one attached hydrogen (secondary N) is 2. The van der Waals surface area contributed by atoms with Crippen LogP contribution >= 0.6 is 0 Å². The fourth-order valence-corrected chi connectivity index (χ4v) is 4.07. The van der Waals surface area contributed by atoms with Crippen molar-refractivity contribution in [2.45, 2.75) is 25.8 Å². The number of hydrogen-bond donors (Lipinski definition) is 2. The highest BCUT2D eigenvalue weighted by Gasteiger charge is 2.36. The molecule has 2 amide bonds. The Morgan fingerprint density at radius 1 is 1.29 bits per heavy atom. The largest absolute Gasteiger partial charge is 0.354 e. The zero-order valence-corrected chi connectivity index (χ0v) is 15.9. The standard InChI is InChI=1S/C22H24FN3O2/c1-14-6-7-20(18(23)10-14)26-13-16(11-21(26)27)22(28)25-12-19-17-5-3-2-4-15(17)8-9-24-19/h2-7,10,16,19,24H,8-9,11-13H2,1H3,(H,25,28). The molecule has 2 N–H and O–H groups in total. The van der Waals surface area contributed by atoms with Crippen LogP contribution in [0.2, 0.25) is 0 Å². The first-order chi connectivity index (χ1) is 13.5. The van der Waals surface area contributed by atoms with Gasteiger partial charge in [-0.3, -0.25) is 9.59 Å². The fourth-order valence-electron chi connectivity index (χ4n) is 4.07. The van der Waals surface area contributed by atoms with Crippen molar-refractivity contribution < 1.29 is 14.0 Å². The van der Waals surface area contributed by atoms with Gasteiger partial charge in [-0.15, -0.1) is 0 Å². The van der Waals surface area contributed by atoms with Gasteiger partial charge < -0.3 is 15.5 Å². The molecule has 0 aliphatic carbocycles. The summed E-state index contributed by atoms with van der Waals surface area (Å²) in [7, 11) is 0. The Labute approximate surface area is 163 Å². The molecule has 28 heavy (non-hydrogen) atoms. The lowest BCUT2D eigenvalue weighted by molar-refractivity contribution is -0.126. The minimum absolute atomic E-state index is 0.0663. The minimum atomic E-state index is -0.466. The second-order valence-electron chi connectivity index (χ2n) is 7.56. The van der Waals surface area contributed by atoms with Crippen molar-refractivity contribution in [1.29, 1.82) is 0 Å². The maximum Gasteiger partial charge on any atom is 0.227 e. The zero-order valence-electron chi connectivity index (χ0n) is 15.9. The fraction of sp³-hybridized carbons (Fsp3) is 0.364. The van der Waals surface area contributed by atoms with Crippen molar-refractivity contribution in [3.05, 3.63) is 65.0 Å². The number of nitrogens with zero attached hydrogens (tertiary/aromatic N) is 1. The van der Waals surface area contributed by atoms with Crippen LogP contribution in [0.25, 0.3) is 0 Å². The SMILES string of the molecule is Cc1ccc(N2CC(C(=O)NCC3NCCc4ccccc43)CC2=O)c(F)c1. The summed E-state index contributed by atoms with van der Waals surface area (Å²) < 4.78 is 14.2. The summed E-state index contributed by atoms with van der Waals surface area (Å²) in [5, 5.41) is 6.41. The number of hydrogen-bond acceptors (Lipinski definition) is 3. The van der Waals surface area contributed by atoms with Gasteiger partial charge in [0.15, 0.2) is 0 Å². The molecular weight excluding hydrogens is 357 g/mol. The third kappa shape index (κ3) is 3.64. The number of halogens is 1. The number of anilines is 1. The van der Waals surface area contributed by atoms with E-state index in [0.717, 1.165) is 18.5 Å². The number of amides is 2. The summed E-state index contributed by atoms with van der Waals surface area (Å²) in [5.41, 5.74) is 3.55. The highest BCUT2D eigenvalue weighted by molar-refractivity contribution is 6.00. The van der Waals surface area contributed by atoms with E-state index in [4.69, 9.17) is 0 Å². The summed E-state index contributed by atoms with van der Waals surface area (Å²) in [6.45, 7) is 3.35. The van der Waals surface area contributed by atoms with E-state index in [9.17, 15) is 14.0 Å². The van der Waals surface area contributed by atoms with Crippen LogP contribution in [0.15, 0.2) is 42.5 Å². The third-order valence-corrected chi connectivity index (χ3v) is 5.59. The number of benzene rings is 2. The molecule has 0 aromatic heterocycles. The number of carbonyl (C=O) groups is 2. The first kappa shape index (κ1) is 18.6. The topological polar surface area (TPSA) is 61.4 Å². The molecule has 2 aromatic carbocycles. The Balaban J connectivity index is 1.39. The molecule has 2 atom stereocenters. The molecule has 0 saturated carbocycles. The normalized spacial score (nSPS) is 21.5. The van der Waals surface area contributed by atoms with Gasteiger partial charge >= 0.3 is 0 Å². The zero-order chi connectivity index (χ0) is 19.7. The molecular formula is C22H24FN3O2. The molecule has 2 aromatic rings. The Bertz CT molecular complexity index is 914. The van der Waals surface area contributed by atoms with Gasteiger partial charge in [0.1, 0.15) is 5.82 Å². The van der Waals surface area contributed by atoms with E-state index < -0.39 is 11.7 Å². The molecule has 0 spiro atoms. The van der Waals surface area contributed by atoms with Gasteiger partial charge in [-0.1, -0.05) is 30.3 Å². The lowest BCUT2D eigenvalue weighted by Crippen LogP contribution is -2.41. The summed E-state index contributed by atoms with van der Waals surface area (Å²) in [4.78, 5) is 26.4. The molecule has 6 heteroatoms. The van der Waals surface area contributed by atoms with Crippen molar-refractivity contribution in [2.24, 2.45) is 5.92 Å². The van der Waals surface area contributed by atoms with Crippen LogP contribution in [0.1, 0.15) is 29.2 Å². The molecule has 2 unspecified atom stereocenters. The number of aryl methyl sites for hydroxylation is 1. The Morgan fingerprint density at radius 3 is 2.93 bits per heavy atom. The van der Waals surface area contributed by atoms with E-state index in [1.165, 1.54) is 22.1 Å². The molecule has 2 heterocycles. The maximum absolute atomic E-state index is 14.2. The lowest BCUT2D eigenvalue weighted by atomic mass is 9.94. The molecule has 2 aliphatic heterocycles. The van der Waals surface area contributed by atoms with Crippen LogP contribution in [-0.2, 0) is 16.0 Å². The van der Waals surface area contributed by atoms with Gasteiger partial charge in [0.05, 0.1) is 11.6 Å². The molecule has 4 rings (SSSR count). The van der Waals surface area contributed by atoms with E-state index in [2.05, 4.69) is 22.8 Å². The summed E-state index contributed by atoms with van der Waals surface area (Å²) in [6, 6.07) is 13.1. The molecule has 146 valence electrons. The van der Waals surface area contributed by atoms with E-state index in [-0.39, 0.29) is 36.5 Å². The monoisotopic (exact) mass is 381 g/mol. The summed E-state index contributed by atoms with van der Waals surface area (Å²) in [5.74, 6) is -1.28. The minimum Gasteiger partial charge on any atom is -0.354 e. The lowest BCUT2D eigenvalue weighted by Gasteiger charge is -2.27. The number of rotatable bonds is 4. The Morgan fingerprint density at radius 2 is 2.11 bits per heavy atom. The van der Waals surface area contributed by atoms with E-state index in [1.807, 2.05) is 12.1 Å². The van der Waals surface area contributed by atoms with Crippen molar-refractivity contribution >= 4 is 17.5 Å². The third-order valence-electron chi connectivity index (χ3n) is 5.59. The quantitative estimate of drug-likeness (QED) is 0.855. The van der Waals surface area contributed by atoms with Crippen molar-refractivity contribution in [3.63, 3.8) is 0 Å². The van der Waals surface area contributed by atoms with Gasteiger partial charge in [0, 0.05) is 25.6 Å². The molecule has 1 saturated heterocycles. The van der Waals surface area contributed by atoms with Gasteiger partial charge in [-0.25, -0.2) is 4.39 Å². The van der Waals surface area contributed by atoms with Crippen molar-refractivity contribution in [1.82, 2.24) is 10.6 Å². The second-order valence-corrected chi connectivity index (χ2v) is 7.56. The van der Waals surface area contributed by atoms with Gasteiger partial charge in [0.2, 0.25) is 11.8 Å². The van der Waals surface area contributed by atoms with Crippen LogP contribution in [0.5, 0.6) is 0 Å². The van der Waals surface area contributed by atoms with Crippen LogP contribution in [0.4, 0.5) is 10.1 Å². The van der Waals surface area contributed by atoms with Crippen LogP contribution < -0.4 is 15.5 Å². The Kier molecular flexibility index (Phi) is 5.13. The molecule has 1 fully saturated rings. The predicted octanol–water partition coefficient (Wildman–Crippen LogP) is 2.49. The molecule has 0 bridgehead atoms. The Hall–Kier alpha value is -2.73. The van der Waals surface area contributed by atoms with E-state index >= 15 is 0 Å². The van der Waals surface area contributed by atoms with Crippen molar-refractivity contribution in [3.8, 4) is 0 Å². The molecule has 2 aliphatic rings. The van der Waals surface area contributed by atoms with Crippen LogP contribution in [0.3, 0.4) is 0 Å². The summed E-state index contributed by atoms with van der Waals surface area (Å²) >= 11 is 0. The number of carbonyl (C=O) groups excluding carboxylic acids is 2. The molecule has 5 nitrogen and oxygen atoms in total. The van der Waals surface area contributed by atoms with Gasteiger partial charge in [0.25, 0.3) is 0 Å². The van der Waals surface area contributed by atoms with Crippen LogP contribution in [0, 0.1) is 18.7 Å². The van der Waals surface area contributed by atoms with Crippen LogP contribution in [-0.4, -0.2) is 31.4 Å². The molecule has 0 radical (unpaired) electrons. The first-order valence-electron chi connectivity index (χ1n) is 9.68. The van der Waals surface area contributed by atoms with E-state index in [0.29, 0.717) is 6.54 Å². The number of fused-ring (bicyclic) bond motifs is 1. The first-order valence-corrected chi connectivity index (χ1v) is 9.68. The highest BCUT2D eigenvalue weighted by atomic mass is 19.1. The summed E-state index contributed by atoms with van der Waals surface area (Å²) in [6.07, 6.45) is 1.09. The second kappa shape index (κ2) is 7.72. The van der Waals surface area contributed by atoms with Gasteiger partial charge in [-0.2, -0.15) is 0 Å². The van der Waals surface area contributed by atoms with Crippen molar-refractivity contribution in [2.75, 3.05) is 24.5 Å². The average Bonchev–Trinajstić information content (AvgIpc) is 3.07. The van der Waals surface area contributed by atoms with Gasteiger partial charge in [-0.05, 0) is 48.7 Å². The predicted molar refractivity (Wildman–Crippen MR) is 105 cm³/mol. The average molecular weight is 381 g/mol. The smallest absolute Gasteiger partial charge is 0.227 e. The van der Waals surface area contributed by atoms with E-state index in [1.54, 1.807) is 19.1 Å².